The molecular weight excluding hydrogens is 321 g/mol. The van der Waals surface area contributed by atoms with Gasteiger partial charge in [0, 0.05) is 37.7 Å². The third-order valence-corrected chi connectivity index (χ3v) is 4.82. The summed E-state index contributed by atoms with van der Waals surface area (Å²) in [7, 11) is 0. The van der Waals surface area contributed by atoms with Crippen LogP contribution in [0.4, 0.5) is 4.39 Å². The second-order valence-electron chi connectivity index (χ2n) is 6.63. The van der Waals surface area contributed by atoms with Crippen molar-refractivity contribution in [3.8, 4) is 0 Å². The number of aromatic nitrogens is 4. The number of hydrogen-bond donors (Lipinski definition) is 0. The molecule has 4 heterocycles. The summed E-state index contributed by atoms with van der Waals surface area (Å²) in [6.07, 6.45) is 7.42. The number of fused-ring (bicyclic) bond motifs is 1. The average molecular weight is 341 g/mol. The maximum Gasteiger partial charge on any atom is 0.277 e. The number of rotatable bonds is 3. The number of piperidine rings is 1. The Morgan fingerprint density at radius 2 is 2.28 bits per heavy atom. The molecule has 7 heteroatoms. The second-order valence-corrected chi connectivity index (χ2v) is 6.63. The van der Waals surface area contributed by atoms with Crippen molar-refractivity contribution < 1.29 is 9.18 Å². The molecule has 3 aromatic heterocycles. The van der Waals surface area contributed by atoms with Crippen molar-refractivity contribution >= 4 is 11.6 Å². The Kier molecular flexibility index (Phi) is 3.99. The first-order valence-corrected chi connectivity index (χ1v) is 8.52. The Balaban J connectivity index is 1.56. The Morgan fingerprint density at radius 1 is 1.40 bits per heavy atom. The smallest absolute Gasteiger partial charge is 0.277 e. The van der Waals surface area contributed by atoms with E-state index in [1.165, 1.54) is 4.40 Å². The highest BCUT2D eigenvalue weighted by atomic mass is 19.1. The van der Waals surface area contributed by atoms with Gasteiger partial charge < -0.3 is 9.47 Å². The molecule has 1 fully saturated rings. The second kappa shape index (κ2) is 6.31. The monoisotopic (exact) mass is 341 g/mol. The third-order valence-electron chi connectivity index (χ3n) is 4.82. The van der Waals surface area contributed by atoms with Gasteiger partial charge in [0.25, 0.3) is 5.91 Å². The highest BCUT2D eigenvalue weighted by molar-refractivity contribution is 5.93. The number of imidazole rings is 2. The molecule has 1 aliphatic heterocycles. The minimum atomic E-state index is -0.574. The van der Waals surface area contributed by atoms with Gasteiger partial charge in [-0.25, -0.2) is 9.97 Å². The number of aryl methyl sites for hydroxylation is 1. The molecule has 1 atom stereocenters. The predicted molar refractivity (Wildman–Crippen MR) is 90.7 cm³/mol. The molecule has 0 radical (unpaired) electrons. The molecule has 0 aromatic carbocycles. The van der Waals surface area contributed by atoms with Gasteiger partial charge in [0.2, 0.25) is 5.95 Å². The lowest BCUT2D eigenvalue weighted by atomic mass is 9.97. The average Bonchev–Trinajstić information content (AvgIpc) is 3.23. The summed E-state index contributed by atoms with van der Waals surface area (Å²) in [6, 6.07) is 5.33. The minimum absolute atomic E-state index is 0.0856. The van der Waals surface area contributed by atoms with E-state index in [-0.39, 0.29) is 11.6 Å². The number of amides is 1. The van der Waals surface area contributed by atoms with Crippen LogP contribution < -0.4 is 0 Å². The van der Waals surface area contributed by atoms with E-state index in [9.17, 15) is 9.18 Å². The van der Waals surface area contributed by atoms with Gasteiger partial charge in [-0.15, -0.1) is 0 Å². The molecule has 0 aliphatic carbocycles. The summed E-state index contributed by atoms with van der Waals surface area (Å²) < 4.78 is 18.1. The van der Waals surface area contributed by atoms with Crippen LogP contribution in [0.1, 0.15) is 29.0 Å². The number of carbonyl (C=O) groups excluding carboxylic acids is 1. The van der Waals surface area contributed by atoms with Crippen LogP contribution in [0.5, 0.6) is 0 Å². The summed E-state index contributed by atoms with van der Waals surface area (Å²) in [5, 5.41) is 0. The van der Waals surface area contributed by atoms with E-state index in [1.54, 1.807) is 36.5 Å². The standard InChI is InChI=1S/C18H20FN5O/c1-13-4-2-6-15-21-16(17(19)24(13)15)18(25)23-8-3-5-14(11-23)10-22-9-7-20-12-22/h2,4,6-7,9,12,14H,3,5,8,10-11H2,1H3. The molecule has 0 N–H and O–H groups in total. The van der Waals surface area contributed by atoms with Crippen molar-refractivity contribution in [2.45, 2.75) is 26.3 Å². The molecule has 0 bridgehead atoms. The summed E-state index contributed by atoms with van der Waals surface area (Å²) in [6.45, 7) is 3.87. The lowest BCUT2D eigenvalue weighted by Gasteiger charge is -2.32. The van der Waals surface area contributed by atoms with Gasteiger partial charge in [-0.2, -0.15) is 4.39 Å². The van der Waals surface area contributed by atoms with Crippen LogP contribution in [0.2, 0.25) is 0 Å². The van der Waals surface area contributed by atoms with Gasteiger partial charge in [-0.3, -0.25) is 9.20 Å². The van der Waals surface area contributed by atoms with E-state index >= 15 is 0 Å². The molecular formula is C18H20FN5O. The zero-order chi connectivity index (χ0) is 17.4. The molecule has 0 spiro atoms. The lowest BCUT2D eigenvalue weighted by molar-refractivity contribution is 0.0651. The van der Waals surface area contributed by atoms with Crippen LogP contribution >= 0.6 is 0 Å². The Hall–Kier alpha value is -2.70. The number of likely N-dealkylation sites (tertiary alicyclic amines) is 1. The fourth-order valence-electron chi connectivity index (χ4n) is 3.59. The fourth-order valence-corrected chi connectivity index (χ4v) is 3.59. The Morgan fingerprint density at radius 3 is 3.04 bits per heavy atom. The predicted octanol–water partition coefficient (Wildman–Crippen LogP) is 2.53. The van der Waals surface area contributed by atoms with Gasteiger partial charge >= 0.3 is 0 Å². The molecule has 4 rings (SSSR count). The quantitative estimate of drug-likeness (QED) is 0.736. The molecule has 1 saturated heterocycles. The van der Waals surface area contributed by atoms with E-state index in [4.69, 9.17) is 0 Å². The van der Waals surface area contributed by atoms with Crippen LogP contribution in [-0.2, 0) is 6.54 Å². The van der Waals surface area contributed by atoms with E-state index in [1.807, 2.05) is 16.8 Å². The van der Waals surface area contributed by atoms with Crippen molar-refractivity contribution in [1.29, 1.82) is 0 Å². The number of hydrogen-bond acceptors (Lipinski definition) is 3. The first-order chi connectivity index (χ1) is 12.1. The van der Waals surface area contributed by atoms with Gasteiger partial charge in [0.05, 0.1) is 6.33 Å². The van der Waals surface area contributed by atoms with Gasteiger partial charge in [-0.1, -0.05) is 6.07 Å². The number of nitrogens with zero attached hydrogens (tertiary/aromatic N) is 5. The van der Waals surface area contributed by atoms with Crippen LogP contribution in [-0.4, -0.2) is 42.8 Å². The van der Waals surface area contributed by atoms with Crippen molar-refractivity contribution in [3.05, 3.63) is 54.3 Å². The van der Waals surface area contributed by atoms with Crippen molar-refractivity contribution in [1.82, 2.24) is 23.8 Å². The summed E-state index contributed by atoms with van der Waals surface area (Å²) in [5.41, 5.74) is 1.10. The van der Waals surface area contributed by atoms with E-state index in [0.717, 1.165) is 25.1 Å². The zero-order valence-corrected chi connectivity index (χ0v) is 14.1. The van der Waals surface area contributed by atoms with Crippen LogP contribution in [0.3, 0.4) is 0 Å². The van der Waals surface area contributed by atoms with Crippen molar-refractivity contribution in [2.75, 3.05) is 13.1 Å². The molecule has 1 amide bonds. The number of pyridine rings is 1. The highest BCUT2D eigenvalue weighted by Gasteiger charge is 2.29. The van der Waals surface area contributed by atoms with E-state index < -0.39 is 5.95 Å². The third kappa shape index (κ3) is 2.90. The van der Waals surface area contributed by atoms with Crippen molar-refractivity contribution in [3.63, 3.8) is 0 Å². The maximum absolute atomic E-state index is 14.7. The molecule has 1 aliphatic rings. The van der Waals surface area contributed by atoms with Crippen molar-refractivity contribution in [2.24, 2.45) is 5.92 Å². The summed E-state index contributed by atoms with van der Waals surface area (Å²) in [4.78, 5) is 22.9. The summed E-state index contributed by atoms with van der Waals surface area (Å²) >= 11 is 0. The van der Waals surface area contributed by atoms with Crippen LogP contribution in [0.25, 0.3) is 5.65 Å². The summed E-state index contributed by atoms with van der Waals surface area (Å²) in [5.74, 6) is -0.556. The van der Waals surface area contributed by atoms with Gasteiger partial charge in [0.1, 0.15) is 5.65 Å². The maximum atomic E-state index is 14.7. The normalized spacial score (nSPS) is 18.0. The number of halogens is 1. The molecule has 0 saturated carbocycles. The lowest BCUT2D eigenvalue weighted by Crippen LogP contribution is -2.41. The van der Waals surface area contributed by atoms with Gasteiger partial charge in [-0.05, 0) is 37.8 Å². The molecule has 1 unspecified atom stereocenters. The topological polar surface area (TPSA) is 55.4 Å². The van der Waals surface area contributed by atoms with Crippen LogP contribution in [0.15, 0.2) is 36.9 Å². The number of carbonyl (C=O) groups is 1. The van der Waals surface area contributed by atoms with Crippen LogP contribution in [0, 0.1) is 18.8 Å². The van der Waals surface area contributed by atoms with Gasteiger partial charge in [0.15, 0.2) is 5.69 Å². The van der Waals surface area contributed by atoms with E-state index in [0.29, 0.717) is 24.7 Å². The molecule has 25 heavy (non-hydrogen) atoms. The molecule has 3 aromatic rings. The Labute approximate surface area is 144 Å². The fraction of sp³-hybridized carbons (Fsp3) is 0.389. The zero-order valence-electron chi connectivity index (χ0n) is 14.1. The SMILES string of the molecule is Cc1cccc2nc(C(=O)N3CCCC(Cn4ccnc4)C3)c(F)n12. The minimum Gasteiger partial charge on any atom is -0.337 e. The molecule has 6 nitrogen and oxygen atoms in total. The molecule has 130 valence electrons. The Bertz CT molecular complexity index is 902. The largest absolute Gasteiger partial charge is 0.337 e. The first kappa shape index (κ1) is 15.8. The first-order valence-electron chi connectivity index (χ1n) is 8.52. The van der Waals surface area contributed by atoms with E-state index in [2.05, 4.69) is 9.97 Å². The highest BCUT2D eigenvalue weighted by Crippen LogP contribution is 2.22.